The number of hydrogen-bond donors (Lipinski definition) is 1. The Morgan fingerprint density at radius 2 is 1.92 bits per heavy atom. The average Bonchev–Trinajstić information content (AvgIpc) is 3.36. The molecule has 4 rings (SSSR count). The van der Waals surface area contributed by atoms with Crippen molar-refractivity contribution in [1.29, 1.82) is 0 Å². The van der Waals surface area contributed by atoms with Crippen LogP contribution in [0.15, 0.2) is 66.0 Å². The fraction of sp³-hybridized carbons (Fsp3) is 0.250. The molecule has 10 heteroatoms. The van der Waals surface area contributed by atoms with Gasteiger partial charge in [-0.1, -0.05) is 24.1 Å². The number of rotatable bonds is 9. The lowest BCUT2D eigenvalue weighted by Gasteiger charge is -2.13. The van der Waals surface area contributed by atoms with Crippen LogP contribution in [0.3, 0.4) is 0 Å². The molecule has 1 unspecified atom stereocenters. The summed E-state index contributed by atoms with van der Waals surface area (Å²) in [7, 11) is -3.80. The normalized spacial score (nSPS) is 12.0. The van der Waals surface area contributed by atoms with E-state index in [1.54, 1.807) is 30.5 Å². The summed E-state index contributed by atoms with van der Waals surface area (Å²) in [6, 6.07) is 14.2. The van der Waals surface area contributed by atoms with Crippen molar-refractivity contribution in [3.8, 4) is 28.7 Å². The van der Waals surface area contributed by atoms with Crippen molar-refractivity contribution >= 4 is 21.6 Å². The van der Waals surface area contributed by atoms with Crippen molar-refractivity contribution in [3.63, 3.8) is 0 Å². The predicted octanol–water partition coefficient (Wildman–Crippen LogP) is 3.99. The van der Waals surface area contributed by atoms with Gasteiger partial charge in [0, 0.05) is 17.3 Å². The van der Waals surface area contributed by atoms with Crippen molar-refractivity contribution in [3.05, 3.63) is 77.7 Å². The summed E-state index contributed by atoms with van der Waals surface area (Å²) in [4.78, 5) is 16.4. The maximum atomic E-state index is 12.0. The molecule has 0 aliphatic carbocycles. The summed E-state index contributed by atoms with van der Waals surface area (Å²) in [5.74, 6) is 6.05. The minimum absolute atomic E-state index is 0.0574. The van der Waals surface area contributed by atoms with Crippen LogP contribution in [0.25, 0.3) is 16.8 Å². The molecule has 0 bridgehead atoms. The van der Waals surface area contributed by atoms with Crippen LogP contribution in [0.5, 0.6) is 5.75 Å². The van der Waals surface area contributed by atoms with Crippen molar-refractivity contribution in [2.75, 3.05) is 6.61 Å². The van der Waals surface area contributed by atoms with Crippen LogP contribution in [-0.4, -0.2) is 35.6 Å². The SMILES string of the molecule is CC#CC(CC(=O)OCC)c1ccc(OCc2cc(-c3ccc(S(N)(=O)=O)cc3C)cn3ncnc23)cc1. The van der Waals surface area contributed by atoms with E-state index in [1.807, 2.05) is 43.5 Å². The Morgan fingerprint density at radius 1 is 1.16 bits per heavy atom. The molecule has 2 heterocycles. The van der Waals surface area contributed by atoms with Gasteiger partial charge in [-0.3, -0.25) is 4.79 Å². The fourth-order valence-electron chi connectivity index (χ4n) is 4.16. The van der Waals surface area contributed by atoms with Gasteiger partial charge in [-0.15, -0.1) is 5.92 Å². The monoisotopic (exact) mass is 532 g/mol. The van der Waals surface area contributed by atoms with E-state index in [4.69, 9.17) is 14.6 Å². The molecule has 0 aliphatic rings. The van der Waals surface area contributed by atoms with Crippen LogP contribution in [0.1, 0.15) is 42.9 Å². The van der Waals surface area contributed by atoms with E-state index in [0.717, 1.165) is 27.8 Å². The molecule has 0 radical (unpaired) electrons. The Bertz CT molecular complexity index is 1630. The number of aromatic nitrogens is 3. The molecular weight excluding hydrogens is 504 g/mol. The topological polar surface area (TPSA) is 126 Å². The van der Waals surface area contributed by atoms with Crippen molar-refractivity contribution in [1.82, 2.24) is 14.6 Å². The molecule has 0 amide bonds. The summed E-state index contributed by atoms with van der Waals surface area (Å²) in [5.41, 5.74) is 4.78. The van der Waals surface area contributed by atoms with Gasteiger partial charge >= 0.3 is 5.97 Å². The number of primary sulfonamides is 1. The first-order valence-corrected chi connectivity index (χ1v) is 13.5. The molecule has 2 aromatic carbocycles. The number of nitrogens with two attached hydrogens (primary N) is 1. The number of pyridine rings is 1. The molecule has 2 aromatic heterocycles. The van der Waals surface area contributed by atoms with E-state index in [0.29, 0.717) is 18.0 Å². The number of esters is 1. The standard InChI is InChI=1S/C28H28N4O5S/c1-4-6-21(15-27(33)36-5-2)20-7-9-24(10-8-20)37-17-23-14-22(16-32-28(23)30-18-31-32)26-12-11-25(13-19(26)3)38(29,34)35/h7-14,16,18,21H,5,15,17H2,1-3H3,(H2,29,34,35). The summed E-state index contributed by atoms with van der Waals surface area (Å²) >= 11 is 0. The number of benzene rings is 2. The van der Waals surface area contributed by atoms with Crippen LogP contribution in [-0.2, 0) is 26.2 Å². The molecule has 2 N–H and O–H groups in total. The molecule has 38 heavy (non-hydrogen) atoms. The summed E-state index contributed by atoms with van der Waals surface area (Å²) in [5, 5.41) is 9.55. The van der Waals surface area contributed by atoms with E-state index in [1.165, 1.54) is 12.4 Å². The van der Waals surface area contributed by atoms with Gasteiger partial charge in [-0.2, -0.15) is 5.10 Å². The number of aryl methyl sites for hydroxylation is 1. The summed E-state index contributed by atoms with van der Waals surface area (Å²) in [6.07, 6.45) is 3.48. The van der Waals surface area contributed by atoms with Crippen molar-refractivity contribution in [2.24, 2.45) is 5.14 Å². The van der Waals surface area contributed by atoms with Gasteiger partial charge in [0.1, 0.15) is 18.7 Å². The Labute approximate surface area is 221 Å². The van der Waals surface area contributed by atoms with Crippen LogP contribution >= 0.6 is 0 Å². The maximum Gasteiger partial charge on any atom is 0.307 e. The zero-order chi connectivity index (χ0) is 27.3. The Hall–Kier alpha value is -4.20. The number of carbonyl (C=O) groups is 1. The van der Waals surface area contributed by atoms with Gasteiger partial charge in [0.25, 0.3) is 0 Å². The Balaban J connectivity index is 1.56. The van der Waals surface area contributed by atoms with E-state index >= 15 is 0 Å². The molecule has 0 spiro atoms. The molecular formula is C28H28N4O5S. The minimum atomic E-state index is -3.80. The van der Waals surface area contributed by atoms with Gasteiger partial charge < -0.3 is 9.47 Å². The Morgan fingerprint density at radius 3 is 2.58 bits per heavy atom. The second kappa shape index (κ2) is 11.5. The van der Waals surface area contributed by atoms with E-state index in [9.17, 15) is 13.2 Å². The highest BCUT2D eigenvalue weighted by molar-refractivity contribution is 7.89. The van der Waals surface area contributed by atoms with Crippen LogP contribution in [0, 0.1) is 18.8 Å². The number of sulfonamides is 1. The molecule has 0 saturated carbocycles. The van der Waals surface area contributed by atoms with Gasteiger partial charge in [0.2, 0.25) is 10.0 Å². The maximum absolute atomic E-state index is 12.0. The molecule has 0 fully saturated rings. The van der Waals surface area contributed by atoms with E-state index in [2.05, 4.69) is 21.9 Å². The zero-order valence-electron chi connectivity index (χ0n) is 21.3. The average molecular weight is 533 g/mol. The van der Waals surface area contributed by atoms with Gasteiger partial charge in [-0.25, -0.2) is 23.1 Å². The highest BCUT2D eigenvalue weighted by Gasteiger charge is 2.16. The minimum Gasteiger partial charge on any atom is -0.489 e. The van der Waals surface area contributed by atoms with Gasteiger partial charge in [0.05, 0.1) is 23.8 Å². The van der Waals surface area contributed by atoms with E-state index in [-0.39, 0.29) is 29.8 Å². The third kappa shape index (κ3) is 6.19. The summed E-state index contributed by atoms with van der Waals surface area (Å²) in [6.45, 7) is 5.90. The second-order valence-corrected chi connectivity index (χ2v) is 10.2. The lowest BCUT2D eigenvalue weighted by Crippen LogP contribution is -2.12. The number of ether oxygens (including phenoxy) is 2. The number of carbonyl (C=O) groups excluding carboxylic acids is 1. The fourth-order valence-corrected chi connectivity index (χ4v) is 4.76. The van der Waals surface area contributed by atoms with Crippen LogP contribution in [0.4, 0.5) is 0 Å². The quantitative estimate of drug-likeness (QED) is 0.255. The smallest absolute Gasteiger partial charge is 0.307 e. The molecule has 0 aliphatic heterocycles. The van der Waals surface area contributed by atoms with Crippen molar-refractivity contribution < 1.29 is 22.7 Å². The number of hydrogen-bond acceptors (Lipinski definition) is 7. The highest BCUT2D eigenvalue weighted by Crippen LogP contribution is 2.28. The number of nitrogens with zero attached hydrogens (tertiary/aromatic N) is 3. The molecule has 196 valence electrons. The van der Waals surface area contributed by atoms with Crippen LogP contribution < -0.4 is 9.88 Å². The molecule has 1 atom stereocenters. The lowest BCUT2D eigenvalue weighted by molar-refractivity contribution is -0.143. The predicted molar refractivity (Wildman–Crippen MR) is 143 cm³/mol. The zero-order valence-corrected chi connectivity index (χ0v) is 22.2. The third-order valence-electron chi connectivity index (χ3n) is 5.96. The molecule has 0 saturated heterocycles. The number of fused-ring (bicyclic) bond motifs is 1. The first-order chi connectivity index (χ1) is 18.2. The van der Waals surface area contributed by atoms with Crippen molar-refractivity contribution in [2.45, 2.75) is 44.6 Å². The Kier molecular flexibility index (Phi) is 8.10. The third-order valence-corrected chi connectivity index (χ3v) is 6.87. The second-order valence-electron chi connectivity index (χ2n) is 8.62. The van der Waals surface area contributed by atoms with Gasteiger partial charge in [0.15, 0.2) is 5.65 Å². The molecule has 4 aromatic rings. The highest BCUT2D eigenvalue weighted by atomic mass is 32.2. The summed E-state index contributed by atoms with van der Waals surface area (Å²) < 4.78 is 36.2. The van der Waals surface area contributed by atoms with Crippen LogP contribution in [0.2, 0.25) is 0 Å². The first kappa shape index (κ1) is 26.9. The lowest BCUT2D eigenvalue weighted by atomic mass is 9.96. The molecule has 9 nitrogen and oxygen atoms in total. The van der Waals surface area contributed by atoms with Gasteiger partial charge in [-0.05, 0) is 67.8 Å². The first-order valence-electron chi connectivity index (χ1n) is 12.0. The van der Waals surface area contributed by atoms with E-state index < -0.39 is 10.0 Å². The largest absolute Gasteiger partial charge is 0.489 e.